The second-order valence-corrected chi connectivity index (χ2v) is 6.70. The monoisotopic (exact) mass is 372 g/mol. The molecule has 1 heterocycles. The molecular formula is C18H16N2O5S. The first-order valence-corrected chi connectivity index (χ1v) is 8.63. The van der Waals surface area contributed by atoms with E-state index in [-0.39, 0.29) is 12.2 Å². The fraction of sp³-hybridized carbons (Fsp3) is 0.167. The lowest BCUT2D eigenvalue weighted by Gasteiger charge is -2.14. The van der Waals surface area contributed by atoms with Crippen molar-refractivity contribution in [1.82, 2.24) is 0 Å². The third kappa shape index (κ3) is 3.80. The van der Waals surface area contributed by atoms with Crippen LogP contribution < -0.4 is 15.0 Å². The Hall–Kier alpha value is -3.00. The average molecular weight is 372 g/mol. The molecule has 26 heavy (non-hydrogen) atoms. The number of imide groups is 1. The molecule has 1 aliphatic rings. The molecule has 1 fully saturated rings. The average Bonchev–Trinajstić information content (AvgIpc) is 2.88. The van der Waals surface area contributed by atoms with Crippen molar-refractivity contribution in [2.45, 2.75) is 11.7 Å². The number of amides is 3. The van der Waals surface area contributed by atoms with Crippen molar-refractivity contribution in [3.63, 3.8) is 0 Å². The summed E-state index contributed by atoms with van der Waals surface area (Å²) >= 11 is 0.825. The second kappa shape index (κ2) is 7.49. The van der Waals surface area contributed by atoms with Crippen LogP contribution in [0.5, 0.6) is 11.5 Å². The van der Waals surface area contributed by atoms with Crippen LogP contribution in [0, 0.1) is 0 Å². The van der Waals surface area contributed by atoms with Gasteiger partial charge >= 0.3 is 0 Å². The summed E-state index contributed by atoms with van der Waals surface area (Å²) in [5, 5.41) is 10.8. The molecule has 2 aromatic carbocycles. The minimum atomic E-state index is -0.790. The summed E-state index contributed by atoms with van der Waals surface area (Å²) in [5.74, 6) is -0.209. The first-order chi connectivity index (χ1) is 12.5. The van der Waals surface area contributed by atoms with E-state index in [0.717, 1.165) is 16.7 Å². The van der Waals surface area contributed by atoms with Crippen molar-refractivity contribution in [2.24, 2.45) is 0 Å². The summed E-state index contributed by atoms with van der Waals surface area (Å²) < 4.78 is 5.06. The fourth-order valence-corrected chi connectivity index (χ4v) is 3.50. The van der Waals surface area contributed by atoms with Gasteiger partial charge in [-0.05, 0) is 48.2 Å². The van der Waals surface area contributed by atoms with E-state index in [4.69, 9.17) is 4.74 Å². The minimum absolute atomic E-state index is 0.0231. The van der Waals surface area contributed by atoms with Gasteiger partial charge in [0.15, 0.2) is 0 Å². The summed E-state index contributed by atoms with van der Waals surface area (Å²) in [7, 11) is 1.53. The lowest BCUT2D eigenvalue weighted by atomic mass is 10.2. The van der Waals surface area contributed by atoms with Gasteiger partial charge in [0.2, 0.25) is 11.8 Å². The van der Waals surface area contributed by atoms with E-state index in [1.807, 2.05) is 0 Å². The van der Waals surface area contributed by atoms with Gasteiger partial charge in [-0.1, -0.05) is 6.07 Å². The summed E-state index contributed by atoms with van der Waals surface area (Å²) in [6.45, 7) is 0. The van der Waals surface area contributed by atoms with Crippen LogP contribution in [0.25, 0.3) is 0 Å². The zero-order valence-electron chi connectivity index (χ0n) is 13.8. The molecule has 134 valence electrons. The quantitative estimate of drug-likeness (QED) is 0.838. The SMILES string of the molecule is COc1ccc(N2C(=O)SC(CC(=O)Nc3cccc(O)c3)C2=O)cc1. The van der Waals surface area contributed by atoms with Crippen LogP contribution >= 0.6 is 11.8 Å². The number of ether oxygens (including phenoxy) is 1. The number of aromatic hydroxyl groups is 1. The predicted molar refractivity (Wildman–Crippen MR) is 98.6 cm³/mol. The highest BCUT2D eigenvalue weighted by Gasteiger charge is 2.41. The van der Waals surface area contributed by atoms with Gasteiger partial charge in [-0.2, -0.15) is 0 Å². The molecule has 2 N–H and O–H groups in total. The lowest BCUT2D eigenvalue weighted by molar-refractivity contribution is -0.121. The number of carbonyl (C=O) groups is 3. The Labute approximate surface area is 153 Å². The number of hydrogen-bond donors (Lipinski definition) is 2. The van der Waals surface area contributed by atoms with Crippen LogP contribution in [-0.4, -0.2) is 34.5 Å². The molecule has 1 aliphatic heterocycles. The topological polar surface area (TPSA) is 95.9 Å². The highest BCUT2D eigenvalue weighted by atomic mass is 32.2. The highest BCUT2D eigenvalue weighted by molar-refractivity contribution is 8.15. The Morgan fingerprint density at radius 3 is 2.62 bits per heavy atom. The number of phenols is 1. The van der Waals surface area contributed by atoms with Gasteiger partial charge in [0, 0.05) is 18.2 Å². The molecule has 0 aliphatic carbocycles. The van der Waals surface area contributed by atoms with Crippen molar-refractivity contribution < 1.29 is 24.2 Å². The van der Waals surface area contributed by atoms with E-state index in [1.54, 1.807) is 36.4 Å². The van der Waals surface area contributed by atoms with E-state index < -0.39 is 22.3 Å². The summed E-state index contributed by atoms with van der Waals surface area (Å²) in [4.78, 5) is 38.0. The van der Waals surface area contributed by atoms with Crippen molar-refractivity contribution in [3.05, 3.63) is 48.5 Å². The highest BCUT2D eigenvalue weighted by Crippen LogP contribution is 2.34. The van der Waals surface area contributed by atoms with Crippen LogP contribution in [-0.2, 0) is 9.59 Å². The number of carbonyl (C=O) groups excluding carboxylic acids is 3. The van der Waals surface area contributed by atoms with E-state index in [9.17, 15) is 19.5 Å². The van der Waals surface area contributed by atoms with Crippen molar-refractivity contribution in [2.75, 3.05) is 17.3 Å². The number of anilines is 2. The molecule has 8 heteroatoms. The number of thioether (sulfide) groups is 1. The van der Waals surface area contributed by atoms with Gasteiger partial charge in [0.1, 0.15) is 16.7 Å². The fourth-order valence-electron chi connectivity index (χ4n) is 2.52. The maximum Gasteiger partial charge on any atom is 0.293 e. The van der Waals surface area contributed by atoms with Crippen molar-refractivity contribution in [1.29, 1.82) is 0 Å². The molecule has 0 radical (unpaired) electrons. The first kappa shape index (κ1) is 17.8. The van der Waals surface area contributed by atoms with Crippen molar-refractivity contribution >= 4 is 40.2 Å². The molecule has 1 atom stereocenters. The molecule has 1 saturated heterocycles. The van der Waals surface area contributed by atoms with Crippen LogP contribution in [0.15, 0.2) is 48.5 Å². The van der Waals surface area contributed by atoms with E-state index in [1.165, 1.54) is 19.2 Å². The number of benzene rings is 2. The first-order valence-electron chi connectivity index (χ1n) is 7.75. The van der Waals surface area contributed by atoms with E-state index in [2.05, 4.69) is 5.32 Å². The molecule has 3 amide bonds. The van der Waals surface area contributed by atoms with Gasteiger partial charge < -0.3 is 15.2 Å². The number of hydrogen-bond acceptors (Lipinski definition) is 6. The second-order valence-electron chi connectivity index (χ2n) is 5.55. The van der Waals surface area contributed by atoms with E-state index in [0.29, 0.717) is 17.1 Å². The summed E-state index contributed by atoms with van der Waals surface area (Å²) in [5.41, 5.74) is 0.855. The molecule has 0 spiro atoms. The molecule has 0 saturated carbocycles. The Kier molecular flexibility index (Phi) is 5.13. The molecule has 1 unspecified atom stereocenters. The molecule has 7 nitrogen and oxygen atoms in total. The lowest BCUT2D eigenvalue weighted by Crippen LogP contribution is -2.32. The van der Waals surface area contributed by atoms with Crippen LogP contribution in [0.4, 0.5) is 16.2 Å². The molecule has 0 bridgehead atoms. The number of methoxy groups -OCH3 is 1. The molecule has 0 aromatic heterocycles. The van der Waals surface area contributed by atoms with Crippen LogP contribution in [0.1, 0.15) is 6.42 Å². The number of nitrogens with one attached hydrogen (secondary N) is 1. The molecule has 2 aromatic rings. The predicted octanol–water partition coefficient (Wildman–Crippen LogP) is 3.00. The van der Waals surface area contributed by atoms with Gasteiger partial charge in [-0.25, -0.2) is 4.90 Å². The molecular weight excluding hydrogens is 356 g/mol. The zero-order chi connectivity index (χ0) is 18.7. The van der Waals surface area contributed by atoms with Gasteiger partial charge in [0.05, 0.1) is 12.8 Å². The van der Waals surface area contributed by atoms with Gasteiger partial charge in [0.25, 0.3) is 5.24 Å². The van der Waals surface area contributed by atoms with Crippen molar-refractivity contribution in [3.8, 4) is 11.5 Å². The van der Waals surface area contributed by atoms with Crippen LogP contribution in [0.3, 0.4) is 0 Å². The molecule has 3 rings (SSSR count). The minimum Gasteiger partial charge on any atom is -0.508 e. The maximum absolute atomic E-state index is 12.5. The Morgan fingerprint density at radius 1 is 1.23 bits per heavy atom. The third-order valence-electron chi connectivity index (χ3n) is 3.75. The number of nitrogens with zero attached hydrogens (tertiary/aromatic N) is 1. The van der Waals surface area contributed by atoms with E-state index >= 15 is 0 Å². The zero-order valence-corrected chi connectivity index (χ0v) is 14.7. The summed E-state index contributed by atoms with van der Waals surface area (Å²) in [6, 6.07) is 12.6. The Balaban J connectivity index is 1.67. The third-order valence-corrected chi connectivity index (χ3v) is 4.79. The van der Waals surface area contributed by atoms with Gasteiger partial charge in [-0.15, -0.1) is 0 Å². The number of rotatable bonds is 5. The van der Waals surface area contributed by atoms with Gasteiger partial charge in [-0.3, -0.25) is 14.4 Å². The Morgan fingerprint density at radius 2 is 1.96 bits per heavy atom. The normalized spacial score (nSPS) is 16.7. The number of phenolic OH excluding ortho intramolecular Hbond substituents is 1. The standard InChI is InChI=1S/C18H16N2O5S/c1-25-14-7-5-12(6-8-14)20-17(23)15(26-18(20)24)10-16(22)19-11-3-2-4-13(21)9-11/h2-9,15,21H,10H2,1H3,(H,19,22). The Bertz CT molecular complexity index is 853. The smallest absolute Gasteiger partial charge is 0.293 e. The summed E-state index contributed by atoms with van der Waals surface area (Å²) in [6.07, 6.45) is -0.141. The maximum atomic E-state index is 12.5. The largest absolute Gasteiger partial charge is 0.508 e. The van der Waals surface area contributed by atoms with Crippen LogP contribution in [0.2, 0.25) is 0 Å².